The van der Waals surface area contributed by atoms with Gasteiger partial charge in [0.2, 0.25) is 0 Å². The summed E-state index contributed by atoms with van der Waals surface area (Å²) in [6.45, 7) is 4.61. The maximum atomic E-state index is 13.4. The van der Waals surface area contributed by atoms with E-state index in [-0.39, 0.29) is 0 Å². The molecule has 1 fully saturated rings. The molecule has 1 atom stereocenters. The fourth-order valence-corrected chi connectivity index (χ4v) is 2.53. The van der Waals surface area contributed by atoms with Crippen LogP contribution in [0.25, 0.3) is 0 Å². The zero-order valence-electron chi connectivity index (χ0n) is 11.0. The third-order valence-electron chi connectivity index (χ3n) is 3.78. The molecular formula is C14H19FN2O2. The van der Waals surface area contributed by atoms with Crippen LogP contribution in [0.4, 0.5) is 4.39 Å². The highest BCUT2D eigenvalue weighted by Crippen LogP contribution is 2.29. The van der Waals surface area contributed by atoms with E-state index >= 15 is 0 Å². The summed E-state index contributed by atoms with van der Waals surface area (Å²) in [4.78, 5) is 13.7. The molecule has 19 heavy (non-hydrogen) atoms. The minimum atomic E-state index is -1.19. The zero-order valence-corrected chi connectivity index (χ0v) is 11.0. The van der Waals surface area contributed by atoms with Gasteiger partial charge in [0.05, 0.1) is 0 Å². The Labute approximate surface area is 112 Å². The van der Waals surface area contributed by atoms with Crippen molar-refractivity contribution < 1.29 is 14.3 Å². The van der Waals surface area contributed by atoms with Crippen molar-refractivity contribution in [2.24, 2.45) is 0 Å². The topological polar surface area (TPSA) is 52.6 Å². The first kappa shape index (κ1) is 14.0. The lowest BCUT2D eigenvalue weighted by atomic mass is 9.89. The molecule has 0 aromatic heterocycles. The van der Waals surface area contributed by atoms with Crippen LogP contribution in [-0.4, -0.2) is 42.2 Å². The maximum Gasteiger partial charge on any atom is 0.328 e. The van der Waals surface area contributed by atoms with Gasteiger partial charge in [0.15, 0.2) is 0 Å². The smallest absolute Gasteiger partial charge is 0.328 e. The van der Waals surface area contributed by atoms with Crippen molar-refractivity contribution in [2.75, 3.05) is 26.2 Å². The van der Waals surface area contributed by atoms with Crippen LogP contribution in [0.5, 0.6) is 0 Å². The van der Waals surface area contributed by atoms with E-state index < -0.39 is 17.3 Å². The van der Waals surface area contributed by atoms with E-state index in [0.29, 0.717) is 18.7 Å². The molecule has 0 amide bonds. The van der Waals surface area contributed by atoms with Crippen molar-refractivity contribution >= 4 is 5.97 Å². The Morgan fingerprint density at radius 1 is 1.42 bits per heavy atom. The lowest BCUT2D eigenvalue weighted by Crippen LogP contribution is -2.51. The first-order valence-corrected chi connectivity index (χ1v) is 6.50. The highest BCUT2D eigenvalue weighted by Gasteiger charge is 2.41. The summed E-state index contributed by atoms with van der Waals surface area (Å²) < 4.78 is 13.4. The van der Waals surface area contributed by atoms with Gasteiger partial charge >= 0.3 is 5.97 Å². The Kier molecular flexibility index (Phi) is 4.17. The number of aliphatic carboxylic acids is 1. The number of hydrogen-bond acceptors (Lipinski definition) is 3. The highest BCUT2D eigenvalue weighted by atomic mass is 19.1. The number of rotatable bonds is 3. The molecule has 1 aliphatic rings. The Hall–Kier alpha value is -1.46. The molecule has 104 valence electrons. The van der Waals surface area contributed by atoms with Crippen molar-refractivity contribution in [3.8, 4) is 0 Å². The van der Waals surface area contributed by atoms with Gasteiger partial charge < -0.3 is 10.4 Å². The molecule has 2 N–H and O–H groups in total. The zero-order chi connectivity index (χ0) is 13.9. The molecule has 0 aliphatic carbocycles. The van der Waals surface area contributed by atoms with E-state index in [4.69, 9.17) is 0 Å². The van der Waals surface area contributed by atoms with Crippen molar-refractivity contribution in [3.05, 3.63) is 35.6 Å². The summed E-state index contributed by atoms with van der Waals surface area (Å²) in [5.41, 5.74) is -0.699. The van der Waals surface area contributed by atoms with Crippen LogP contribution in [0, 0.1) is 5.82 Å². The molecule has 1 aromatic rings. The van der Waals surface area contributed by atoms with Crippen molar-refractivity contribution in [2.45, 2.75) is 18.9 Å². The van der Waals surface area contributed by atoms with E-state index in [2.05, 4.69) is 5.32 Å². The van der Waals surface area contributed by atoms with Crippen LogP contribution in [0.1, 0.15) is 18.9 Å². The number of nitrogens with one attached hydrogen (secondary N) is 1. The van der Waals surface area contributed by atoms with Crippen LogP contribution in [0.15, 0.2) is 24.3 Å². The highest BCUT2D eigenvalue weighted by molar-refractivity contribution is 5.80. The predicted octanol–water partition coefficient (Wildman–Crippen LogP) is 1.42. The standard InChI is InChI=1S/C14H19FN2O2/c1-14(13(18)19,11-4-2-5-12(15)10-11)17-8-3-6-16-7-9-17/h2,4-5,10,16H,3,6-9H2,1H3,(H,18,19). The average molecular weight is 266 g/mol. The number of benzene rings is 1. The monoisotopic (exact) mass is 266 g/mol. The number of nitrogens with zero attached hydrogens (tertiary/aromatic N) is 1. The summed E-state index contributed by atoms with van der Waals surface area (Å²) in [6.07, 6.45) is 0.887. The quantitative estimate of drug-likeness (QED) is 0.869. The van der Waals surface area contributed by atoms with E-state index in [9.17, 15) is 14.3 Å². The van der Waals surface area contributed by atoms with Crippen LogP contribution in [0.3, 0.4) is 0 Å². The van der Waals surface area contributed by atoms with E-state index in [1.165, 1.54) is 12.1 Å². The third-order valence-corrected chi connectivity index (χ3v) is 3.78. The fourth-order valence-electron chi connectivity index (χ4n) is 2.53. The second-order valence-electron chi connectivity index (χ2n) is 4.98. The first-order chi connectivity index (χ1) is 9.05. The van der Waals surface area contributed by atoms with Crippen LogP contribution in [0.2, 0.25) is 0 Å². The summed E-state index contributed by atoms with van der Waals surface area (Å²) in [7, 11) is 0. The molecule has 0 saturated carbocycles. The van der Waals surface area contributed by atoms with Gasteiger partial charge in [-0.1, -0.05) is 12.1 Å². The Bertz CT molecular complexity index is 459. The second-order valence-corrected chi connectivity index (χ2v) is 4.98. The summed E-state index contributed by atoms with van der Waals surface area (Å²) in [5, 5.41) is 12.9. The van der Waals surface area contributed by atoms with Gasteiger partial charge in [-0.3, -0.25) is 4.90 Å². The molecule has 2 rings (SSSR count). The Morgan fingerprint density at radius 3 is 2.89 bits per heavy atom. The van der Waals surface area contributed by atoms with E-state index in [0.717, 1.165) is 19.5 Å². The summed E-state index contributed by atoms with van der Waals surface area (Å²) in [5.74, 6) is -1.35. The molecule has 4 nitrogen and oxygen atoms in total. The minimum Gasteiger partial charge on any atom is -0.480 e. The van der Waals surface area contributed by atoms with Gasteiger partial charge in [0, 0.05) is 19.6 Å². The number of halogens is 1. The second kappa shape index (κ2) is 5.67. The van der Waals surface area contributed by atoms with Crippen molar-refractivity contribution in [1.82, 2.24) is 10.2 Å². The SMILES string of the molecule is CC(C(=O)O)(c1cccc(F)c1)N1CCCNCC1. The molecular weight excluding hydrogens is 247 g/mol. The molecule has 1 aromatic carbocycles. The molecule has 0 spiro atoms. The molecule has 1 unspecified atom stereocenters. The predicted molar refractivity (Wildman–Crippen MR) is 70.4 cm³/mol. The van der Waals surface area contributed by atoms with Gasteiger partial charge in [0.25, 0.3) is 0 Å². The lowest BCUT2D eigenvalue weighted by molar-refractivity contribution is -0.151. The molecule has 0 radical (unpaired) electrons. The molecule has 5 heteroatoms. The van der Waals surface area contributed by atoms with Gasteiger partial charge in [-0.05, 0) is 37.6 Å². The number of carboxylic acids is 1. The molecule has 1 aliphatic heterocycles. The van der Waals surface area contributed by atoms with Crippen LogP contribution in [-0.2, 0) is 10.3 Å². The molecule has 1 heterocycles. The minimum absolute atomic E-state index is 0.405. The first-order valence-electron chi connectivity index (χ1n) is 6.50. The lowest BCUT2D eigenvalue weighted by Gasteiger charge is -2.37. The summed E-state index contributed by atoms with van der Waals surface area (Å²) >= 11 is 0. The van der Waals surface area contributed by atoms with E-state index in [1.807, 2.05) is 4.90 Å². The van der Waals surface area contributed by atoms with Crippen LogP contribution >= 0.6 is 0 Å². The average Bonchev–Trinajstić information content (AvgIpc) is 2.66. The van der Waals surface area contributed by atoms with Gasteiger partial charge in [-0.2, -0.15) is 0 Å². The largest absolute Gasteiger partial charge is 0.480 e. The number of carbonyl (C=O) groups is 1. The van der Waals surface area contributed by atoms with Crippen molar-refractivity contribution in [3.63, 3.8) is 0 Å². The molecule has 0 bridgehead atoms. The van der Waals surface area contributed by atoms with Crippen molar-refractivity contribution in [1.29, 1.82) is 0 Å². The summed E-state index contributed by atoms with van der Waals surface area (Å²) in [6, 6.07) is 5.87. The Morgan fingerprint density at radius 2 is 2.21 bits per heavy atom. The Balaban J connectivity index is 2.38. The maximum absolute atomic E-state index is 13.4. The number of hydrogen-bond donors (Lipinski definition) is 2. The normalized spacial score (nSPS) is 20.5. The van der Waals surface area contributed by atoms with Gasteiger partial charge in [-0.15, -0.1) is 0 Å². The van der Waals surface area contributed by atoms with Crippen LogP contribution < -0.4 is 5.32 Å². The van der Waals surface area contributed by atoms with Gasteiger partial charge in [0.1, 0.15) is 11.4 Å². The third kappa shape index (κ3) is 2.77. The van der Waals surface area contributed by atoms with Gasteiger partial charge in [-0.25, -0.2) is 9.18 Å². The van der Waals surface area contributed by atoms with E-state index in [1.54, 1.807) is 19.1 Å². The molecule has 1 saturated heterocycles. The fraction of sp³-hybridized carbons (Fsp3) is 0.500. The number of carboxylic acid groups (broad SMARTS) is 1.